The maximum atomic E-state index is 11.2. The molecule has 0 saturated carbocycles. The summed E-state index contributed by atoms with van der Waals surface area (Å²) in [5.41, 5.74) is 0.926. The van der Waals surface area contributed by atoms with E-state index in [9.17, 15) is 4.79 Å². The van der Waals surface area contributed by atoms with Gasteiger partial charge in [0.25, 0.3) is 0 Å². The minimum atomic E-state index is -1.29. The van der Waals surface area contributed by atoms with Crippen molar-refractivity contribution < 1.29 is 19.2 Å². The fourth-order valence-corrected chi connectivity index (χ4v) is 2.32. The Morgan fingerprint density at radius 3 is 2.84 bits per heavy atom. The average Bonchev–Trinajstić information content (AvgIpc) is 2.90. The highest BCUT2D eigenvalue weighted by molar-refractivity contribution is 6.13. The Bertz CT molecular complexity index is 701. The van der Waals surface area contributed by atoms with Crippen molar-refractivity contribution in [1.82, 2.24) is 0 Å². The first-order chi connectivity index (χ1) is 9.01. The summed E-state index contributed by atoms with van der Waals surface area (Å²) in [6.45, 7) is 3.36. The van der Waals surface area contributed by atoms with Crippen LogP contribution in [0.15, 0.2) is 33.8 Å². The Balaban J connectivity index is 2.07. The van der Waals surface area contributed by atoms with Crippen LogP contribution >= 0.6 is 0 Å². The van der Waals surface area contributed by atoms with Crippen LogP contribution in [0.4, 0.5) is 0 Å². The summed E-state index contributed by atoms with van der Waals surface area (Å²) in [6, 6.07) is 7.61. The fourth-order valence-electron chi connectivity index (χ4n) is 2.32. The second kappa shape index (κ2) is 3.85. The second-order valence-corrected chi connectivity index (χ2v) is 4.87. The first-order valence-electron chi connectivity index (χ1n) is 5.98. The largest absolute Gasteiger partial charge is 0.478 e. The van der Waals surface area contributed by atoms with Gasteiger partial charge in [0.2, 0.25) is 5.60 Å². The number of carboxylic acids is 1. The monoisotopic (exact) mass is 259 g/mol. The quantitative estimate of drug-likeness (QED) is 0.900. The third-order valence-electron chi connectivity index (χ3n) is 3.37. The zero-order valence-electron chi connectivity index (χ0n) is 10.6. The van der Waals surface area contributed by atoms with Gasteiger partial charge in [0, 0.05) is 17.4 Å². The van der Waals surface area contributed by atoms with E-state index >= 15 is 0 Å². The van der Waals surface area contributed by atoms with Crippen LogP contribution in [-0.4, -0.2) is 22.4 Å². The van der Waals surface area contributed by atoms with Gasteiger partial charge in [-0.1, -0.05) is 23.4 Å². The summed E-state index contributed by atoms with van der Waals surface area (Å²) in [4.78, 5) is 16.3. The SMILES string of the molecule is Cc1oc2ccccc2c1C1=NOC(C)(C(=O)O)C1. The average molecular weight is 259 g/mol. The molecule has 0 amide bonds. The number of nitrogens with zero attached hydrogens (tertiary/aromatic N) is 1. The van der Waals surface area contributed by atoms with Crippen molar-refractivity contribution in [3.05, 3.63) is 35.6 Å². The van der Waals surface area contributed by atoms with E-state index in [1.54, 1.807) is 0 Å². The van der Waals surface area contributed by atoms with Crippen molar-refractivity contribution in [2.75, 3.05) is 0 Å². The molecule has 2 aromatic rings. The summed E-state index contributed by atoms with van der Waals surface area (Å²) in [5.74, 6) is -0.296. The highest BCUT2D eigenvalue weighted by Crippen LogP contribution is 2.33. The second-order valence-electron chi connectivity index (χ2n) is 4.87. The summed E-state index contributed by atoms with van der Waals surface area (Å²) >= 11 is 0. The Labute approximate surface area is 109 Å². The van der Waals surface area contributed by atoms with E-state index in [0.717, 1.165) is 22.3 Å². The molecule has 1 aliphatic heterocycles. The van der Waals surface area contributed by atoms with Crippen molar-refractivity contribution in [2.45, 2.75) is 25.9 Å². The van der Waals surface area contributed by atoms with Crippen molar-refractivity contribution in [3.8, 4) is 0 Å². The fraction of sp³-hybridized carbons (Fsp3) is 0.286. The van der Waals surface area contributed by atoms with Crippen molar-refractivity contribution in [1.29, 1.82) is 0 Å². The molecule has 1 unspecified atom stereocenters. The van der Waals surface area contributed by atoms with Gasteiger partial charge in [-0.2, -0.15) is 0 Å². The molecule has 5 nitrogen and oxygen atoms in total. The summed E-state index contributed by atoms with van der Waals surface area (Å²) in [6.07, 6.45) is 0.229. The van der Waals surface area contributed by atoms with Gasteiger partial charge < -0.3 is 14.4 Å². The number of aliphatic carboxylic acids is 1. The minimum Gasteiger partial charge on any atom is -0.478 e. The number of aryl methyl sites for hydroxylation is 1. The predicted molar refractivity (Wildman–Crippen MR) is 69.2 cm³/mol. The first-order valence-corrected chi connectivity index (χ1v) is 5.98. The number of hydrogen-bond donors (Lipinski definition) is 1. The lowest BCUT2D eigenvalue weighted by atomic mass is 9.95. The van der Waals surface area contributed by atoms with Crippen LogP contribution in [0.5, 0.6) is 0 Å². The summed E-state index contributed by atoms with van der Waals surface area (Å²) in [7, 11) is 0. The lowest BCUT2D eigenvalue weighted by molar-refractivity contribution is -0.160. The van der Waals surface area contributed by atoms with Crippen molar-refractivity contribution in [2.24, 2.45) is 5.16 Å². The van der Waals surface area contributed by atoms with Gasteiger partial charge in [0.1, 0.15) is 11.3 Å². The third kappa shape index (κ3) is 1.69. The van der Waals surface area contributed by atoms with Crippen molar-refractivity contribution >= 4 is 22.7 Å². The zero-order valence-corrected chi connectivity index (χ0v) is 10.6. The van der Waals surface area contributed by atoms with Crippen LogP contribution in [0.3, 0.4) is 0 Å². The number of carboxylic acid groups (broad SMARTS) is 1. The Morgan fingerprint density at radius 1 is 1.42 bits per heavy atom. The summed E-state index contributed by atoms with van der Waals surface area (Å²) in [5, 5.41) is 14.0. The maximum absolute atomic E-state index is 11.2. The third-order valence-corrected chi connectivity index (χ3v) is 3.37. The predicted octanol–water partition coefficient (Wildman–Crippen LogP) is 2.71. The molecular weight excluding hydrogens is 246 g/mol. The normalized spacial score (nSPS) is 22.3. The molecule has 5 heteroatoms. The molecule has 0 aliphatic carbocycles. The number of carbonyl (C=O) groups is 1. The molecule has 1 atom stereocenters. The molecule has 1 aromatic heterocycles. The number of rotatable bonds is 2. The number of furan rings is 1. The van der Waals surface area contributed by atoms with E-state index in [-0.39, 0.29) is 6.42 Å². The number of para-hydroxylation sites is 1. The molecule has 0 fully saturated rings. The van der Waals surface area contributed by atoms with Crippen LogP contribution in [-0.2, 0) is 9.63 Å². The number of hydrogen-bond acceptors (Lipinski definition) is 4. The number of fused-ring (bicyclic) bond motifs is 1. The van der Waals surface area contributed by atoms with Gasteiger partial charge in [0.15, 0.2) is 0 Å². The van der Waals surface area contributed by atoms with Gasteiger partial charge in [-0.3, -0.25) is 0 Å². The van der Waals surface area contributed by atoms with Crippen LogP contribution in [0.25, 0.3) is 11.0 Å². The molecule has 1 N–H and O–H groups in total. The minimum absolute atomic E-state index is 0.229. The maximum Gasteiger partial charge on any atom is 0.351 e. The smallest absolute Gasteiger partial charge is 0.351 e. The molecular formula is C14H13NO4. The Hall–Kier alpha value is -2.30. The molecule has 0 radical (unpaired) electrons. The molecule has 0 spiro atoms. The van der Waals surface area contributed by atoms with Crippen LogP contribution in [0, 0.1) is 6.92 Å². The van der Waals surface area contributed by atoms with Crippen LogP contribution in [0.2, 0.25) is 0 Å². The molecule has 19 heavy (non-hydrogen) atoms. The lowest BCUT2D eigenvalue weighted by Gasteiger charge is -2.14. The van der Waals surface area contributed by atoms with E-state index in [1.165, 1.54) is 6.92 Å². The molecule has 98 valence electrons. The topological polar surface area (TPSA) is 72.0 Å². The Morgan fingerprint density at radius 2 is 2.16 bits per heavy atom. The highest BCUT2D eigenvalue weighted by Gasteiger charge is 2.43. The van der Waals surface area contributed by atoms with Crippen LogP contribution in [0.1, 0.15) is 24.7 Å². The first kappa shape index (κ1) is 11.8. The highest BCUT2D eigenvalue weighted by atomic mass is 16.7. The Kier molecular flexibility index (Phi) is 2.38. The van der Waals surface area contributed by atoms with Gasteiger partial charge in [0.05, 0.1) is 5.71 Å². The molecule has 1 aliphatic rings. The van der Waals surface area contributed by atoms with E-state index in [2.05, 4.69) is 5.16 Å². The number of oxime groups is 1. The van der Waals surface area contributed by atoms with E-state index in [0.29, 0.717) is 5.71 Å². The number of benzene rings is 1. The standard InChI is InChI=1S/C14H13NO4/c1-8-12(9-5-3-4-6-11(9)18-8)10-7-14(2,13(16)17)19-15-10/h3-6H,7H2,1-2H3,(H,16,17). The van der Waals surface area contributed by atoms with Gasteiger partial charge >= 0.3 is 5.97 Å². The van der Waals surface area contributed by atoms with Gasteiger partial charge in [-0.25, -0.2) is 4.79 Å². The van der Waals surface area contributed by atoms with Crippen molar-refractivity contribution in [3.63, 3.8) is 0 Å². The molecule has 3 rings (SSSR count). The molecule has 2 heterocycles. The van der Waals surface area contributed by atoms with E-state index in [4.69, 9.17) is 14.4 Å². The zero-order chi connectivity index (χ0) is 13.6. The molecule has 0 bridgehead atoms. The molecule has 0 saturated heterocycles. The lowest BCUT2D eigenvalue weighted by Crippen LogP contribution is -2.35. The van der Waals surface area contributed by atoms with E-state index in [1.807, 2.05) is 31.2 Å². The van der Waals surface area contributed by atoms with E-state index < -0.39 is 11.6 Å². The van der Waals surface area contributed by atoms with Crippen LogP contribution < -0.4 is 0 Å². The summed E-state index contributed by atoms with van der Waals surface area (Å²) < 4.78 is 5.66. The van der Waals surface area contributed by atoms with Gasteiger partial charge in [-0.15, -0.1) is 0 Å². The van der Waals surface area contributed by atoms with Gasteiger partial charge in [-0.05, 0) is 19.9 Å². The molecule has 1 aromatic carbocycles.